The van der Waals surface area contributed by atoms with E-state index >= 15 is 0 Å². The van der Waals surface area contributed by atoms with Crippen molar-refractivity contribution in [2.45, 2.75) is 0 Å². The van der Waals surface area contributed by atoms with Crippen molar-refractivity contribution in [2.24, 2.45) is 0 Å². The molecule has 0 saturated carbocycles. The van der Waals surface area contributed by atoms with Crippen molar-refractivity contribution in [3.63, 3.8) is 0 Å². The predicted octanol–water partition coefficient (Wildman–Crippen LogP) is 0.00230. The molecule has 1 aromatic heterocycles. The summed E-state index contributed by atoms with van der Waals surface area (Å²) in [5.74, 6) is 0. The van der Waals surface area contributed by atoms with E-state index in [1.807, 2.05) is 0 Å². The second-order valence-corrected chi connectivity index (χ2v) is 1.93. The van der Waals surface area contributed by atoms with Crippen molar-refractivity contribution >= 4 is 17.0 Å². The van der Waals surface area contributed by atoms with Crippen LogP contribution in [0.5, 0.6) is 0 Å². The minimum absolute atomic E-state index is 0.759. The summed E-state index contributed by atoms with van der Waals surface area (Å²) in [6.45, 7) is 0. The number of nitrogens with zero attached hydrogens (tertiary/aromatic N) is 1. The zero-order chi connectivity index (χ0) is 8.69. The third-order valence-corrected chi connectivity index (χ3v) is 0.706. The molecule has 0 aliphatic carbocycles. The summed E-state index contributed by atoms with van der Waals surface area (Å²) < 4.78 is 24.1. The Labute approximate surface area is 66.4 Å². The number of nitrogens with two attached hydrogens (primary N) is 1. The molecule has 1 unspecified atom stereocenters. The molecule has 0 saturated heterocycles. The standard InChI is InChI=1S/C5H6N2.H2O3S/c6-5-1-3-7-4-2-5;1-4(2)3/h1-4H,(H2,6,7);(H2,1,2,3)/p-1. The maximum absolute atomic E-state index is 8.56. The summed E-state index contributed by atoms with van der Waals surface area (Å²) in [7, 11) is 0. The van der Waals surface area contributed by atoms with Crippen LogP contribution in [0.3, 0.4) is 0 Å². The van der Waals surface area contributed by atoms with Crippen molar-refractivity contribution < 1.29 is 13.3 Å². The molecule has 6 heteroatoms. The van der Waals surface area contributed by atoms with Crippen LogP contribution in [0.25, 0.3) is 0 Å². The van der Waals surface area contributed by atoms with Gasteiger partial charge in [-0.15, -0.1) is 0 Å². The van der Waals surface area contributed by atoms with Gasteiger partial charge in [-0.1, -0.05) is 0 Å². The van der Waals surface area contributed by atoms with E-state index < -0.39 is 11.4 Å². The molecule has 0 amide bonds. The molecule has 1 atom stereocenters. The Morgan fingerprint density at radius 1 is 1.55 bits per heavy atom. The van der Waals surface area contributed by atoms with Gasteiger partial charge in [-0.3, -0.25) is 4.98 Å². The van der Waals surface area contributed by atoms with Crippen LogP contribution < -0.4 is 5.73 Å². The van der Waals surface area contributed by atoms with Crippen LogP contribution in [0.4, 0.5) is 5.69 Å². The molecule has 1 aromatic rings. The zero-order valence-corrected chi connectivity index (χ0v) is 6.32. The van der Waals surface area contributed by atoms with Crippen molar-refractivity contribution in [1.82, 2.24) is 4.98 Å². The van der Waals surface area contributed by atoms with E-state index in [-0.39, 0.29) is 0 Å². The highest BCUT2D eigenvalue weighted by Gasteiger charge is 1.73. The van der Waals surface area contributed by atoms with Gasteiger partial charge in [-0.25, -0.2) is 4.21 Å². The van der Waals surface area contributed by atoms with Crippen molar-refractivity contribution in [3.8, 4) is 0 Å². The molecule has 62 valence electrons. The van der Waals surface area contributed by atoms with E-state index in [2.05, 4.69) is 4.98 Å². The highest BCUT2D eigenvalue weighted by Crippen LogP contribution is 1.92. The largest absolute Gasteiger partial charge is 0.750 e. The molecule has 1 rings (SSSR count). The number of anilines is 1. The van der Waals surface area contributed by atoms with E-state index in [0.29, 0.717) is 0 Å². The zero-order valence-electron chi connectivity index (χ0n) is 5.51. The van der Waals surface area contributed by atoms with Crippen molar-refractivity contribution in [2.75, 3.05) is 5.73 Å². The Morgan fingerprint density at radius 3 is 2.09 bits per heavy atom. The lowest BCUT2D eigenvalue weighted by atomic mass is 10.4. The van der Waals surface area contributed by atoms with Gasteiger partial charge in [0.15, 0.2) is 0 Å². The van der Waals surface area contributed by atoms with Gasteiger partial charge in [-0.05, 0) is 12.1 Å². The third-order valence-electron chi connectivity index (χ3n) is 0.706. The first-order valence-corrected chi connectivity index (χ1v) is 3.60. The molecule has 0 fully saturated rings. The maximum atomic E-state index is 8.56. The fraction of sp³-hybridized carbons (Fsp3) is 0. The van der Waals surface area contributed by atoms with Crippen LogP contribution in [-0.4, -0.2) is 18.3 Å². The van der Waals surface area contributed by atoms with E-state index in [0.717, 1.165) is 5.69 Å². The Bertz CT molecular complexity index is 212. The number of aromatic nitrogens is 1. The molecule has 11 heavy (non-hydrogen) atoms. The first-order valence-electron chi connectivity index (χ1n) is 2.56. The van der Waals surface area contributed by atoms with Gasteiger partial charge in [0.25, 0.3) is 0 Å². The van der Waals surface area contributed by atoms with Gasteiger partial charge < -0.3 is 14.8 Å². The molecule has 5 nitrogen and oxygen atoms in total. The number of hydrogen-bond acceptors (Lipinski definition) is 4. The van der Waals surface area contributed by atoms with Crippen molar-refractivity contribution in [1.29, 1.82) is 0 Å². The molecule has 0 bridgehead atoms. The molecule has 0 spiro atoms. The number of hydrogen-bond donors (Lipinski definition) is 2. The molecular formula is C5H7N2O3S-. The first kappa shape index (κ1) is 10.0. The molecule has 0 aliphatic heterocycles. The highest BCUT2D eigenvalue weighted by atomic mass is 32.2. The maximum Gasteiger partial charge on any atom is 0.0814 e. The van der Waals surface area contributed by atoms with Gasteiger partial charge in [0, 0.05) is 18.1 Å². The number of pyridine rings is 1. The van der Waals surface area contributed by atoms with Crippen LogP contribution in [0, 0.1) is 0 Å². The summed E-state index contributed by atoms with van der Waals surface area (Å²) in [5.41, 5.74) is 6.08. The fourth-order valence-electron chi connectivity index (χ4n) is 0.363. The molecular weight excluding hydrogens is 168 g/mol. The van der Waals surface area contributed by atoms with Crippen LogP contribution in [0.1, 0.15) is 0 Å². The minimum atomic E-state index is -2.86. The topological polar surface area (TPSA) is 99.3 Å². The second-order valence-electron chi connectivity index (χ2n) is 1.50. The van der Waals surface area contributed by atoms with Crippen molar-refractivity contribution in [3.05, 3.63) is 24.5 Å². The smallest absolute Gasteiger partial charge is 0.0814 e. The Hall–Kier alpha value is -0.980. The monoisotopic (exact) mass is 175 g/mol. The summed E-state index contributed by atoms with van der Waals surface area (Å²) in [4.78, 5) is 3.77. The fourth-order valence-corrected chi connectivity index (χ4v) is 0.363. The molecule has 1 heterocycles. The van der Waals surface area contributed by atoms with Crippen LogP contribution >= 0.6 is 0 Å². The molecule has 0 aliphatic rings. The molecule has 0 aromatic carbocycles. The lowest BCUT2D eigenvalue weighted by molar-refractivity contribution is 0.436. The number of nitrogen functional groups attached to an aromatic ring is 1. The van der Waals surface area contributed by atoms with E-state index in [1.165, 1.54) is 0 Å². The third kappa shape index (κ3) is 9.02. The SMILES string of the molecule is Nc1ccncc1.O=S([O-])O. The summed E-state index contributed by atoms with van der Waals surface area (Å²) >= 11 is -2.86. The molecule has 0 radical (unpaired) electrons. The van der Waals surface area contributed by atoms with Gasteiger partial charge in [0.05, 0.1) is 11.4 Å². The van der Waals surface area contributed by atoms with E-state index in [4.69, 9.17) is 19.0 Å². The lowest BCUT2D eigenvalue weighted by Gasteiger charge is -1.83. The van der Waals surface area contributed by atoms with Gasteiger partial charge in [-0.2, -0.15) is 0 Å². The average molecular weight is 175 g/mol. The summed E-state index contributed by atoms with van der Waals surface area (Å²) in [6, 6.07) is 3.50. The highest BCUT2D eigenvalue weighted by molar-refractivity contribution is 7.73. The van der Waals surface area contributed by atoms with Gasteiger partial charge >= 0.3 is 0 Å². The van der Waals surface area contributed by atoms with Crippen LogP contribution in [0.2, 0.25) is 0 Å². The summed E-state index contributed by atoms with van der Waals surface area (Å²) in [6.07, 6.45) is 3.32. The average Bonchev–Trinajstić information content (AvgIpc) is 1.87. The van der Waals surface area contributed by atoms with Crippen LogP contribution in [-0.2, 0) is 11.4 Å². The Kier molecular flexibility index (Phi) is 5.26. The normalized spacial score (nSPS) is 11.1. The van der Waals surface area contributed by atoms with Gasteiger partial charge in [0.1, 0.15) is 0 Å². The predicted molar refractivity (Wildman–Crippen MR) is 40.2 cm³/mol. The first-order chi connectivity index (χ1) is 5.13. The number of rotatable bonds is 0. The van der Waals surface area contributed by atoms with E-state index in [1.54, 1.807) is 24.5 Å². The van der Waals surface area contributed by atoms with E-state index in [9.17, 15) is 0 Å². The summed E-state index contributed by atoms with van der Waals surface area (Å²) in [5, 5.41) is 0. The van der Waals surface area contributed by atoms with Gasteiger partial charge in [0.2, 0.25) is 0 Å². The second kappa shape index (κ2) is 5.78. The molecule has 3 N–H and O–H groups in total. The Morgan fingerprint density at radius 2 is 1.91 bits per heavy atom. The van der Waals surface area contributed by atoms with Crippen LogP contribution in [0.15, 0.2) is 24.5 Å². The lowest BCUT2D eigenvalue weighted by Crippen LogP contribution is -1.81. The minimum Gasteiger partial charge on any atom is -0.750 e. The quantitative estimate of drug-likeness (QED) is 0.541. The Balaban J connectivity index is 0.000000218.